The molecule has 0 amide bonds. The molecule has 0 aliphatic carbocycles. The van der Waals surface area contributed by atoms with Gasteiger partial charge in [-0.2, -0.15) is 0 Å². The Morgan fingerprint density at radius 3 is 1.15 bits per heavy atom. The van der Waals surface area contributed by atoms with E-state index in [4.69, 9.17) is 0 Å². The molecule has 0 aromatic heterocycles. The van der Waals surface area contributed by atoms with Crippen molar-refractivity contribution in [3.8, 4) is 0 Å². The average Bonchev–Trinajstić information content (AvgIpc) is 2.88. The van der Waals surface area contributed by atoms with Gasteiger partial charge in [0.2, 0.25) is 0 Å². The molecule has 4 aromatic rings. The summed E-state index contributed by atoms with van der Waals surface area (Å²) in [6.07, 6.45) is 7.34. The molecule has 216 valence electrons. The van der Waals surface area contributed by atoms with Gasteiger partial charge in [-0.3, -0.25) is 0 Å². The van der Waals surface area contributed by atoms with Crippen LogP contribution in [0, 0.1) is 0 Å². The molecule has 0 bridgehead atoms. The molecule has 0 spiro atoms. The summed E-state index contributed by atoms with van der Waals surface area (Å²) in [7, 11) is -8.82. The normalized spacial score (nSPS) is 11.7. The maximum Gasteiger partial charge on any atom is 2.00 e. The van der Waals surface area contributed by atoms with Gasteiger partial charge in [-0.05, 0) is 93.7 Å². The Kier molecular flexibility index (Phi) is 13.8. The maximum atomic E-state index is 11.3. The second-order valence-corrected chi connectivity index (χ2v) is 12.9. The van der Waals surface area contributed by atoms with Gasteiger partial charge in [-0.1, -0.05) is 89.8 Å². The van der Waals surface area contributed by atoms with Crippen LogP contribution in [-0.4, -0.2) is 63.7 Å². The van der Waals surface area contributed by atoms with E-state index in [9.17, 15) is 25.9 Å². The van der Waals surface area contributed by atoms with Crippen LogP contribution in [0.1, 0.15) is 75.6 Å². The molecule has 0 aliphatic rings. The first-order chi connectivity index (χ1) is 18.9. The molecule has 0 radical (unpaired) electrons. The molecule has 4 rings (SSSR count). The molecule has 4 aromatic carbocycles. The minimum absolute atomic E-state index is 0. The third kappa shape index (κ3) is 9.75. The molecule has 41 heavy (non-hydrogen) atoms. The molecule has 0 N–H and O–H groups in total. The smallest absolute Gasteiger partial charge is 0.744 e. The van der Waals surface area contributed by atoms with Gasteiger partial charge in [-0.25, -0.2) is 16.8 Å². The van der Waals surface area contributed by atoms with Crippen LogP contribution < -0.4 is 0 Å². The van der Waals surface area contributed by atoms with Crippen molar-refractivity contribution in [2.75, 3.05) is 0 Å². The summed E-state index contributed by atoms with van der Waals surface area (Å²) in [6, 6.07) is 18.2. The first-order valence-electron chi connectivity index (χ1n) is 13.9. The van der Waals surface area contributed by atoms with E-state index in [0.29, 0.717) is 0 Å². The second kappa shape index (κ2) is 15.8. The van der Waals surface area contributed by atoms with Crippen LogP contribution in [0.5, 0.6) is 0 Å². The largest absolute Gasteiger partial charge is 2.00 e. The fourth-order valence-corrected chi connectivity index (χ4v) is 6.18. The van der Waals surface area contributed by atoms with Crippen LogP contribution in [0.3, 0.4) is 0 Å². The van der Waals surface area contributed by atoms with Crippen molar-refractivity contribution in [2.45, 2.75) is 88.9 Å². The van der Waals surface area contributed by atoms with Crippen LogP contribution >= 0.6 is 0 Å². The van der Waals surface area contributed by atoms with Crippen LogP contribution in [-0.2, 0) is 45.9 Å². The van der Waals surface area contributed by atoms with E-state index < -0.39 is 20.2 Å². The minimum Gasteiger partial charge on any atom is -0.744 e. The quantitative estimate of drug-likeness (QED) is 0.140. The summed E-state index contributed by atoms with van der Waals surface area (Å²) in [4.78, 5) is -0.246. The van der Waals surface area contributed by atoms with Gasteiger partial charge in [0.1, 0.15) is 20.2 Å². The Hall–Kier alpha value is -1.52. The summed E-state index contributed by atoms with van der Waals surface area (Å²) < 4.78 is 67.7. The van der Waals surface area contributed by atoms with Crippen LogP contribution in [0.2, 0.25) is 0 Å². The molecule has 0 saturated heterocycles. The van der Waals surface area contributed by atoms with Gasteiger partial charge in [0.15, 0.2) is 0 Å². The van der Waals surface area contributed by atoms with E-state index in [-0.39, 0.29) is 47.5 Å². The number of hydrogen-bond acceptors (Lipinski definition) is 6. The number of benzene rings is 4. The third-order valence-electron chi connectivity index (χ3n) is 6.85. The van der Waals surface area contributed by atoms with E-state index in [1.807, 2.05) is 38.1 Å². The van der Waals surface area contributed by atoms with Gasteiger partial charge in [0.05, 0.1) is 9.79 Å². The number of fused-ring (bicyclic) bond motifs is 2. The summed E-state index contributed by atoms with van der Waals surface area (Å²) in [5, 5.41) is 3.77. The molecule has 6 nitrogen and oxygen atoms in total. The van der Waals surface area contributed by atoms with E-state index in [1.54, 1.807) is 0 Å². The first kappa shape index (κ1) is 35.7. The number of rotatable bonds is 10. The Morgan fingerprint density at radius 2 is 0.854 bits per heavy atom. The van der Waals surface area contributed by atoms with Gasteiger partial charge in [-0.15, -0.1) is 0 Å². The van der Waals surface area contributed by atoms with Crippen LogP contribution in [0.25, 0.3) is 21.5 Å². The number of aryl methyl sites for hydroxylation is 4. The van der Waals surface area contributed by atoms with E-state index in [1.165, 1.54) is 35.4 Å². The molecule has 0 fully saturated rings. The van der Waals surface area contributed by atoms with Crippen LogP contribution in [0.4, 0.5) is 0 Å². The fraction of sp³-hybridized carbons (Fsp3) is 0.375. The number of hydrogen-bond donors (Lipinski definition) is 0. The van der Waals surface area contributed by atoms with Gasteiger partial charge < -0.3 is 9.11 Å². The van der Waals surface area contributed by atoms with Gasteiger partial charge in [0, 0.05) is 0 Å². The van der Waals surface area contributed by atoms with E-state index >= 15 is 0 Å². The Balaban J connectivity index is 0.000000280. The van der Waals surface area contributed by atoms with Crippen molar-refractivity contribution in [2.24, 2.45) is 0 Å². The molecular formula is C32H38CaO6S2. The molecule has 0 aliphatic heterocycles. The summed E-state index contributed by atoms with van der Waals surface area (Å²) in [5.41, 5.74) is 4.20. The predicted molar refractivity (Wildman–Crippen MR) is 166 cm³/mol. The van der Waals surface area contributed by atoms with Gasteiger partial charge >= 0.3 is 37.7 Å². The third-order valence-corrected chi connectivity index (χ3v) is 8.47. The van der Waals surface area contributed by atoms with Crippen molar-refractivity contribution in [1.29, 1.82) is 0 Å². The van der Waals surface area contributed by atoms with Crippen molar-refractivity contribution in [1.82, 2.24) is 0 Å². The first-order valence-corrected chi connectivity index (χ1v) is 16.8. The predicted octanol–water partition coefficient (Wildman–Crippen LogP) is 6.92. The standard InChI is InChI=1S/2C16H20O3S.Ca/c2*1-3-5-12-7-8-16-13(6-4-2)10-15(20(17,18)19)11-14(16)9-12;/h2*7-11H,3-6H2,1-2H3,(H,17,18,19);/q;;+2/p-2. The topological polar surface area (TPSA) is 114 Å². The minimum atomic E-state index is -4.41. The Labute approximate surface area is 275 Å². The SMILES string of the molecule is CCCc1ccc2c(CCC)cc(S(=O)(=O)[O-])cc2c1.CCCc1ccc2c(CCC)cc(S(=O)(=O)[O-])cc2c1.[Ca+2]. The molecule has 9 heteroatoms. The second-order valence-electron chi connectivity index (χ2n) is 10.2. The van der Waals surface area contributed by atoms with Crippen molar-refractivity contribution in [3.63, 3.8) is 0 Å². The van der Waals surface area contributed by atoms with Crippen molar-refractivity contribution >= 4 is 79.5 Å². The van der Waals surface area contributed by atoms with Crippen LogP contribution in [0.15, 0.2) is 70.5 Å². The zero-order valence-corrected chi connectivity index (χ0v) is 28.2. The molecule has 0 saturated carbocycles. The fourth-order valence-electron chi connectivity index (χ4n) is 5.07. The van der Waals surface area contributed by atoms with Gasteiger partial charge in [0.25, 0.3) is 0 Å². The van der Waals surface area contributed by atoms with Crippen molar-refractivity contribution in [3.05, 3.63) is 82.9 Å². The molecular weight excluding hydrogens is 585 g/mol. The molecule has 0 unspecified atom stereocenters. The summed E-state index contributed by atoms with van der Waals surface area (Å²) in [5.74, 6) is 0. The van der Waals surface area contributed by atoms with E-state index in [0.717, 1.165) is 84.0 Å². The molecule has 0 atom stereocenters. The summed E-state index contributed by atoms with van der Waals surface area (Å²) in [6.45, 7) is 8.28. The monoisotopic (exact) mass is 622 g/mol. The van der Waals surface area contributed by atoms with Crippen molar-refractivity contribution < 1.29 is 25.9 Å². The Bertz CT molecular complexity index is 1570. The zero-order chi connectivity index (χ0) is 29.5. The maximum absolute atomic E-state index is 11.3. The summed E-state index contributed by atoms with van der Waals surface area (Å²) >= 11 is 0. The molecule has 0 heterocycles. The zero-order valence-electron chi connectivity index (χ0n) is 24.4. The Morgan fingerprint density at radius 1 is 0.512 bits per heavy atom. The van der Waals surface area contributed by atoms with E-state index in [2.05, 4.69) is 26.0 Å². The average molecular weight is 623 g/mol.